The van der Waals surface area contributed by atoms with Gasteiger partial charge in [-0.3, -0.25) is 4.31 Å². The maximum atomic E-state index is 13.3. The third kappa shape index (κ3) is 3.27. The Labute approximate surface area is 132 Å². The average molecular weight is 372 g/mol. The highest BCUT2D eigenvalue weighted by Gasteiger charge is 2.24. The number of nitrogens with zero attached hydrogens (tertiary/aromatic N) is 1. The van der Waals surface area contributed by atoms with Gasteiger partial charge in [0.2, 0.25) is 0 Å². The van der Waals surface area contributed by atoms with Gasteiger partial charge in [0.15, 0.2) is 0 Å². The van der Waals surface area contributed by atoms with Crippen LogP contribution in [0.2, 0.25) is 0 Å². The van der Waals surface area contributed by atoms with Gasteiger partial charge in [-0.1, -0.05) is 22.0 Å². The lowest BCUT2D eigenvalue weighted by atomic mass is 10.2. The zero-order valence-electron chi connectivity index (χ0n) is 11.7. The summed E-state index contributed by atoms with van der Waals surface area (Å²) in [7, 11) is -3.71. The predicted molar refractivity (Wildman–Crippen MR) is 85.5 cm³/mol. The summed E-state index contributed by atoms with van der Waals surface area (Å²) in [5, 5.41) is 0. The van der Waals surface area contributed by atoms with Crippen molar-refractivity contribution in [2.24, 2.45) is 0 Å². The van der Waals surface area contributed by atoms with Gasteiger partial charge >= 0.3 is 0 Å². The molecule has 0 saturated heterocycles. The number of sulfonamides is 1. The Hall–Kier alpha value is -1.40. The first-order valence-corrected chi connectivity index (χ1v) is 8.64. The van der Waals surface area contributed by atoms with Crippen molar-refractivity contribution < 1.29 is 12.8 Å². The van der Waals surface area contributed by atoms with Crippen LogP contribution in [0.15, 0.2) is 51.8 Å². The normalized spacial score (nSPS) is 11.4. The van der Waals surface area contributed by atoms with Gasteiger partial charge in [-0.2, -0.15) is 0 Å². The van der Waals surface area contributed by atoms with Gasteiger partial charge in [-0.05, 0) is 55.8 Å². The summed E-state index contributed by atoms with van der Waals surface area (Å²) < 4.78 is 40.8. The van der Waals surface area contributed by atoms with Crippen LogP contribution in [0.4, 0.5) is 10.1 Å². The van der Waals surface area contributed by atoms with Crippen molar-refractivity contribution in [3.63, 3.8) is 0 Å². The second kappa shape index (κ2) is 6.15. The minimum Gasteiger partial charge on any atom is -0.267 e. The van der Waals surface area contributed by atoms with Crippen LogP contribution < -0.4 is 4.31 Å². The molecule has 0 spiro atoms. The first-order valence-electron chi connectivity index (χ1n) is 6.40. The van der Waals surface area contributed by atoms with E-state index in [1.165, 1.54) is 28.6 Å². The van der Waals surface area contributed by atoms with E-state index in [2.05, 4.69) is 15.9 Å². The van der Waals surface area contributed by atoms with Gasteiger partial charge in [-0.15, -0.1) is 0 Å². The monoisotopic (exact) mass is 371 g/mol. The molecule has 0 saturated carbocycles. The van der Waals surface area contributed by atoms with Crippen LogP contribution in [0.1, 0.15) is 12.5 Å². The molecule has 0 fully saturated rings. The van der Waals surface area contributed by atoms with Crippen LogP contribution in [0.5, 0.6) is 0 Å². The number of hydrogen-bond acceptors (Lipinski definition) is 2. The molecule has 0 aliphatic heterocycles. The molecule has 0 bridgehead atoms. The molecule has 0 amide bonds. The third-order valence-electron chi connectivity index (χ3n) is 3.10. The Balaban J connectivity index is 2.51. The quantitative estimate of drug-likeness (QED) is 0.810. The van der Waals surface area contributed by atoms with E-state index in [0.717, 1.165) is 10.0 Å². The Morgan fingerprint density at radius 1 is 1.19 bits per heavy atom. The summed E-state index contributed by atoms with van der Waals surface area (Å²) in [4.78, 5) is 0.189. The molecule has 0 atom stereocenters. The largest absolute Gasteiger partial charge is 0.267 e. The van der Waals surface area contributed by atoms with Gasteiger partial charge in [0, 0.05) is 11.0 Å². The Morgan fingerprint density at radius 2 is 1.90 bits per heavy atom. The van der Waals surface area contributed by atoms with E-state index in [1.807, 2.05) is 6.92 Å². The molecule has 21 heavy (non-hydrogen) atoms. The highest BCUT2D eigenvalue weighted by Crippen LogP contribution is 2.26. The molecule has 0 N–H and O–H groups in total. The summed E-state index contributed by atoms with van der Waals surface area (Å²) >= 11 is 3.35. The summed E-state index contributed by atoms with van der Waals surface area (Å²) in [6.45, 7) is 3.76. The van der Waals surface area contributed by atoms with E-state index in [0.29, 0.717) is 5.69 Å². The number of aryl methyl sites for hydroxylation is 1. The van der Waals surface area contributed by atoms with Crippen molar-refractivity contribution in [1.82, 2.24) is 0 Å². The standard InChI is InChI=1S/C15H15BrFNO2S/c1-3-18(13-6-4-5-12(17)10-13)21(19,20)14-7-8-15(16)11(2)9-14/h4-10H,3H2,1-2H3. The molecule has 6 heteroatoms. The molecule has 3 nitrogen and oxygen atoms in total. The second-order valence-electron chi connectivity index (χ2n) is 4.56. The Morgan fingerprint density at radius 3 is 2.48 bits per heavy atom. The number of benzene rings is 2. The predicted octanol–water partition coefficient (Wildman–Crippen LogP) is 4.11. The van der Waals surface area contributed by atoms with Gasteiger partial charge in [-0.25, -0.2) is 12.8 Å². The minimum atomic E-state index is -3.71. The van der Waals surface area contributed by atoms with Crippen LogP contribution in [0, 0.1) is 12.7 Å². The Kier molecular flexibility index (Phi) is 4.68. The van der Waals surface area contributed by atoms with Crippen molar-refractivity contribution in [2.45, 2.75) is 18.7 Å². The molecule has 2 aromatic rings. The topological polar surface area (TPSA) is 37.4 Å². The lowest BCUT2D eigenvalue weighted by Gasteiger charge is -2.23. The molecule has 2 rings (SSSR count). The maximum Gasteiger partial charge on any atom is 0.264 e. The number of anilines is 1. The van der Waals surface area contributed by atoms with Crippen molar-refractivity contribution in [1.29, 1.82) is 0 Å². The summed E-state index contributed by atoms with van der Waals surface area (Å²) in [6.07, 6.45) is 0. The molecule has 0 aromatic heterocycles. The van der Waals surface area contributed by atoms with Gasteiger partial charge in [0.1, 0.15) is 5.82 Å². The SMILES string of the molecule is CCN(c1cccc(F)c1)S(=O)(=O)c1ccc(Br)c(C)c1. The fraction of sp³-hybridized carbons (Fsp3) is 0.200. The zero-order chi connectivity index (χ0) is 15.6. The third-order valence-corrected chi connectivity index (χ3v) is 5.89. The zero-order valence-corrected chi connectivity index (χ0v) is 14.1. The first-order chi connectivity index (χ1) is 9.86. The van der Waals surface area contributed by atoms with E-state index < -0.39 is 15.8 Å². The lowest BCUT2D eigenvalue weighted by Crippen LogP contribution is -2.30. The fourth-order valence-corrected chi connectivity index (χ4v) is 3.83. The minimum absolute atomic E-state index is 0.189. The molecule has 0 aliphatic rings. The van der Waals surface area contributed by atoms with Crippen LogP contribution in [0.3, 0.4) is 0 Å². The molecule has 112 valence electrons. The summed E-state index contributed by atoms with van der Waals surface area (Å²) in [6, 6.07) is 10.4. The van der Waals surface area contributed by atoms with Crippen LogP contribution in [-0.2, 0) is 10.0 Å². The smallest absolute Gasteiger partial charge is 0.264 e. The van der Waals surface area contributed by atoms with Crippen molar-refractivity contribution in [3.05, 3.63) is 58.3 Å². The second-order valence-corrected chi connectivity index (χ2v) is 7.28. The van der Waals surface area contributed by atoms with Crippen molar-refractivity contribution >= 4 is 31.6 Å². The van der Waals surface area contributed by atoms with Crippen molar-refractivity contribution in [3.8, 4) is 0 Å². The maximum absolute atomic E-state index is 13.3. The van der Waals surface area contributed by atoms with E-state index in [9.17, 15) is 12.8 Å². The van der Waals surface area contributed by atoms with E-state index >= 15 is 0 Å². The molecule has 0 radical (unpaired) electrons. The Bertz CT molecular complexity index is 762. The first kappa shape index (κ1) is 16.0. The molecule has 0 unspecified atom stereocenters. The lowest BCUT2D eigenvalue weighted by molar-refractivity contribution is 0.591. The summed E-state index contributed by atoms with van der Waals surface area (Å²) in [5.74, 6) is -0.465. The number of halogens is 2. The molecular formula is C15H15BrFNO2S. The van der Waals surface area contributed by atoms with E-state index in [1.54, 1.807) is 25.1 Å². The highest BCUT2D eigenvalue weighted by atomic mass is 79.9. The van der Waals surface area contributed by atoms with Gasteiger partial charge in [0.25, 0.3) is 10.0 Å². The molecule has 0 heterocycles. The van der Waals surface area contributed by atoms with E-state index in [-0.39, 0.29) is 11.4 Å². The van der Waals surface area contributed by atoms with Gasteiger partial charge < -0.3 is 0 Å². The van der Waals surface area contributed by atoms with Crippen molar-refractivity contribution in [2.75, 3.05) is 10.8 Å². The van der Waals surface area contributed by atoms with Gasteiger partial charge in [0.05, 0.1) is 10.6 Å². The van der Waals surface area contributed by atoms with Crippen LogP contribution in [-0.4, -0.2) is 15.0 Å². The average Bonchev–Trinajstić information content (AvgIpc) is 2.42. The summed E-state index contributed by atoms with van der Waals surface area (Å²) in [5.41, 5.74) is 1.14. The highest BCUT2D eigenvalue weighted by molar-refractivity contribution is 9.10. The number of rotatable bonds is 4. The molecular weight excluding hydrogens is 357 g/mol. The van der Waals surface area contributed by atoms with E-state index in [4.69, 9.17) is 0 Å². The molecule has 2 aromatic carbocycles. The van der Waals surface area contributed by atoms with Crippen LogP contribution >= 0.6 is 15.9 Å². The number of hydrogen-bond donors (Lipinski definition) is 0. The van der Waals surface area contributed by atoms with Crippen LogP contribution in [0.25, 0.3) is 0 Å². The fourth-order valence-electron chi connectivity index (χ4n) is 2.03. The molecule has 0 aliphatic carbocycles.